The van der Waals surface area contributed by atoms with E-state index in [1.807, 2.05) is 0 Å². The van der Waals surface area contributed by atoms with Crippen LogP contribution in [0.15, 0.2) is 11.8 Å². The van der Waals surface area contributed by atoms with Gasteiger partial charge in [0.2, 0.25) is 0 Å². The Kier molecular flexibility index (Phi) is 1.68. The van der Waals surface area contributed by atoms with E-state index in [-0.39, 0.29) is 5.78 Å². The van der Waals surface area contributed by atoms with E-state index in [4.69, 9.17) is 0 Å². The lowest BCUT2D eigenvalue weighted by Gasteiger charge is -2.28. The molecule has 58 valence electrons. The van der Waals surface area contributed by atoms with Crippen molar-refractivity contribution in [1.29, 1.82) is 0 Å². The molecular formula is C9H11NO. The maximum atomic E-state index is 10.9. The Morgan fingerprint density at radius 2 is 2.55 bits per heavy atom. The molecule has 0 aromatic rings. The van der Waals surface area contributed by atoms with Crippen molar-refractivity contribution < 1.29 is 4.79 Å². The van der Waals surface area contributed by atoms with Gasteiger partial charge in [-0.15, -0.1) is 0 Å². The predicted molar refractivity (Wildman–Crippen MR) is 41.4 cm³/mol. The summed E-state index contributed by atoms with van der Waals surface area (Å²) in [5, 5.41) is 2.93. The molecule has 0 spiro atoms. The van der Waals surface area contributed by atoms with Crippen LogP contribution in [0.2, 0.25) is 0 Å². The van der Waals surface area contributed by atoms with Gasteiger partial charge >= 0.3 is 0 Å². The lowest BCUT2D eigenvalue weighted by molar-refractivity contribution is -0.117. The van der Waals surface area contributed by atoms with E-state index in [0.717, 1.165) is 12.8 Å². The van der Waals surface area contributed by atoms with Crippen molar-refractivity contribution in [2.24, 2.45) is 5.92 Å². The highest BCUT2D eigenvalue weighted by molar-refractivity contribution is 5.88. The highest BCUT2D eigenvalue weighted by Crippen LogP contribution is 2.28. The molecule has 0 aromatic carbocycles. The van der Waals surface area contributed by atoms with E-state index in [0.29, 0.717) is 12.3 Å². The van der Waals surface area contributed by atoms with Gasteiger partial charge in [-0.2, -0.15) is 0 Å². The number of hydrogen-bond donors (Lipinski definition) is 1. The molecule has 2 aliphatic rings. The molecule has 1 heterocycles. The van der Waals surface area contributed by atoms with Crippen LogP contribution >= 0.6 is 0 Å². The van der Waals surface area contributed by atoms with E-state index >= 15 is 0 Å². The van der Waals surface area contributed by atoms with Gasteiger partial charge in [0.25, 0.3) is 0 Å². The number of piperidine rings is 1. The number of rotatable bonds is 0. The van der Waals surface area contributed by atoms with Crippen molar-refractivity contribution in [2.75, 3.05) is 0 Å². The third kappa shape index (κ3) is 1.30. The van der Waals surface area contributed by atoms with Crippen LogP contribution in [0, 0.1) is 12.5 Å². The number of carbonyl (C=O) groups excluding carboxylic acids is 1. The summed E-state index contributed by atoms with van der Waals surface area (Å²) in [6.07, 6.45) is 6.39. The molecule has 1 N–H and O–H groups in total. The molecule has 1 aliphatic carbocycles. The van der Waals surface area contributed by atoms with Crippen molar-refractivity contribution in [2.45, 2.75) is 25.7 Å². The van der Waals surface area contributed by atoms with E-state index in [2.05, 4.69) is 17.9 Å². The molecule has 1 unspecified atom stereocenters. The Balaban J connectivity index is 2.12. The lowest BCUT2D eigenvalue weighted by Crippen LogP contribution is -2.31. The molecule has 0 saturated carbocycles. The van der Waals surface area contributed by atoms with Gasteiger partial charge in [-0.25, -0.2) is 0 Å². The summed E-state index contributed by atoms with van der Waals surface area (Å²) in [4.78, 5) is 10.9. The standard InChI is InChI=1S/C9H11NO/c11-8-5-7-3-1-2-4-9(7)10-6-8/h4,7,10H,1-3,5H2. The minimum atomic E-state index is 0.119. The topological polar surface area (TPSA) is 29.1 Å². The van der Waals surface area contributed by atoms with Crippen LogP contribution < -0.4 is 5.32 Å². The Hall–Kier alpha value is -0.790. The second kappa shape index (κ2) is 2.68. The minimum Gasteiger partial charge on any atom is -0.371 e. The smallest absolute Gasteiger partial charge is 0.164 e. The first-order valence-electron chi connectivity index (χ1n) is 4.11. The largest absolute Gasteiger partial charge is 0.371 e. The minimum absolute atomic E-state index is 0.119. The molecule has 1 fully saturated rings. The maximum Gasteiger partial charge on any atom is 0.164 e. The zero-order valence-corrected chi connectivity index (χ0v) is 6.39. The third-order valence-electron chi connectivity index (χ3n) is 2.34. The van der Waals surface area contributed by atoms with Crippen LogP contribution in [-0.4, -0.2) is 5.78 Å². The Bertz CT molecular complexity index is 208. The molecule has 0 aromatic heterocycles. The summed E-state index contributed by atoms with van der Waals surface area (Å²) < 4.78 is 0. The van der Waals surface area contributed by atoms with Crippen LogP contribution in [0.5, 0.6) is 0 Å². The zero-order chi connectivity index (χ0) is 7.68. The Labute approximate surface area is 66.7 Å². The third-order valence-corrected chi connectivity index (χ3v) is 2.34. The molecule has 2 radical (unpaired) electrons. The Morgan fingerprint density at radius 1 is 1.64 bits per heavy atom. The molecule has 2 heteroatoms. The van der Waals surface area contributed by atoms with Crippen LogP contribution in [0.1, 0.15) is 25.7 Å². The van der Waals surface area contributed by atoms with Crippen molar-refractivity contribution in [1.82, 2.24) is 5.32 Å². The second-order valence-electron chi connectivity index (χ2n) is 3.16. The van der Waals surface area contributed by atoms with Crippen LogP contribution in [0.25, 0.3) is 0 Å². The van der Waals surface area contributed by atoms with Gasteiger partial charge in [0.1, 0.15) is 0 Å². The SMILES string of the molecule is O=C1[C]NC2=CCCCC2C1. The second-order valence-corrected chi connectivity index (χ2v) is 3.16. The summed E-state index contributed by atoms with van der Waals surface area (Å²) >= 11 is 0. The number of fused-ring (bicyclic) bond motifs is 1. The highest BCUT2D eigenvalue weighted by atomic mass is 16.1. The van der Waals surface area contributed by atoms with E-state index in [9.17, 15) is 4.79 Å². The first-order valence-corrected chi connectivity index (χ1v) is 4.11. The molecule has 11 heavy (non-hydrogen) atoms. The average molecular weight is 149 g/mol. The van der Waals surface area contributed by atoms with Crippen molar-refractivity contribution in [3.05, 3.63) is 18.3 Å². The fraction of sp³-hybridized carbons (Fsp3) is 0.556. The number of hydrogen-bond acceptors (Lipinski definition) is 2. The van der Waals surface area contributed by atoms with Gasteiger partial charge < -0.3 is 5.32 Å². The molecule has 0 amide bonds. The number of nitrogens with one attached hydrogen (secondary N) is 1. The summed E-state index contributed by atoms with van der Waals surface area (Å²) in [6, 6.07) is 0. The molecule has 2 rings (SSSR count). The maximum absolute atomic E-state index is 10.9. The molecule has 1 aliphatic heterocycles. The first-order chi connectivity index (χ1) is 5.36. The van der Waals surface area contributed by atoms with Gasteiger partial charge in [0, 0.05) is 18.0 Å². The highest BCUT2D eigenvalue weighted by Gasteiger charge is 2.25. The molecule has 0 bridgehead atoms. The zero-order valence-electron chi connectivity index (χ0n) is 6.39. The average Bonchev–Trinajstić information content (AvgIpc) is 2.04. The van der Waals surface area contributed by atoms with Gasteiger partial charge in [-0.1, -0.05) is 6.08 Å². The fourth-order valence-corrected chi connectivity index (χ4v) is 1.73. The predicted octanol–water partition coefficient (Wildman–Crippen LogP) is 1.27. The number of Topliss-reactive ketones (excluding diaryl/α,β-unsaturated/α-hetero) is 1. The molecule has 1 atom stereocenters. The van der Waals surface area contributed by atoms with Gasteiger partial charge in [0.05, 0.1) is 0 Å². The summed E-state index contributed by atoms with van der Waals surface area (Å²) in [5.74, 6) is 0.589. The van der Waals surface area contributed by atoms with E-state index in [1.54, 1.807) is 0 Å². The first kappa shape index (κ1) is 6.89. The van der Waals surface area contributed by atoms with Gasteiger partial charge in [-0.05, 0) is 19.3 Å². The van der Waals surface area contributed by atoms with Gasteiger partial charge in [0.15, 0.2) is 12.3 Å². The monoisotopic (exact) mass is 149 g/mol. The van der Waals surface area contributed by atoms with Crippen LogP contribution in [-0.2, 0) is 4.79 Å². The van der Waals surface area contributed by atoms with Crippen molar-refractivity contribution in [3.63, 3.8) is 0 Å². The van der Waals surface area contributed by atoms with Crippen molar-refractivity contribution in [3.8, 4) is 0 Å². The summed E-state index contributed by atoms with van der Waals surface area (Å²) in [6.45, 7) is 2.62. The van der Waals surface area contributed by atoms with Crippen LogP contribution in [0.4, 0.5) is 0 Å². The van der Waals surface area contributed by atoms with Crippen LogP contribution in [0.3, 0.4) is 0 Å². The van der Waals surface area contributed by atoms with Gasteiger partial charge in [-0.3, -0.25) is 4.79 Å². The van der Waals surface area contributed by atoms with E-state index in [1.165, 1.54) is 12.1 Å². The fourth-order valence-electron chi connectivity index (χ4n) is 1.73. The summed E-state index contributed by atoms with van der Waals surface area (Å²) in [7, 11) is 0. The normalized spacial score (nSPS) is 30.4. The number of carbonyl (C=O) groups is 1. The molecule has 1 saturated heterocycles. The number of ketones is 1. The quantitative estimate of drug-likeness (QED) is 0.562. The summed E-state index contributed by atoms with van der Waals surface area (Å²) in [5.41, 5.74) is 1.22. The lowest BCUT2D eigenvalue weighted by atomic mass is 9.86. The van der Waals surface area contributed by atoms with E-state index < -0.39 is 0 Å². The molecule has 2 nitrogen and oxygen atoms in total. The number of allylic oxidation sites excluding steroid dienone is 2. The van der Waals surface area contributed by atoms with Crippen molar-refractivity contribution >= 4 is 5.78 Å². The molecular weight excluding hydrogens is 138 g/mol. The Morgan fingerprint density at radius 3 is 3.45 bits per heavy atom.